The molecule has 0 bridgehead atoms. The molecule has 0 radical (unpaired) electrons. The number of thioether (sulfide) groups is 1. The van der Waals surface area contributed by atoms with Gasteiger partial charge >= 0.3 is 5.97 Å². The Morgan fingerprint density at radius 2 is 2.16 bits per heavy atom. The molecule has 102 valence electrons. The molecule has 0 saturated heterocycles. The van der Waals surface area contributed by atoms with Gasteiger partial charge in [0.1, 0.15) is 0 Å². The lowest BCUT2D eigenvalue weighted by Crippen LogP contribution is -2.08. The Bertz CT molecular complexity index is 601. The zero-order chi connectivity index (χ0) is 14.0. The standard InChI is InChI=1S/C15H19NO2S/c1-4-19-9-12-8-11-6-5-7-13(15(17)18)14(11)16(12)10(2)3/h5-8,10H,4,9H2,1-3H3,(H,17,18). The first-order valence-corrected chi connectivity index (χ1v) is 7.65. The fourth-order valence-electron chi connectivity index (χ4n) is 2.42. The third-order valence-corrected chi connectivity index (χ3v) is 4.05. The van der Waals surface area contributed by atoms with Gasteiger partial charge in [0.15, 0.2) is 0 Å². The van der Waals surface area contributed by atoms with Gasteiger partial charge in [-0.05, 0) is 31.7 Å². The monoisotopic (exact) mass is 277 g/mol. The molecule has 1 aromatic heterocycles. The van der Waals surface area contributed by atoms with Crippen molar-refractivity contribution in [2.24, 2.45) is 0 Å². The molecule has 2 aromatic rings. The number of aromatic nitrogens is 1. The van der Waals surface area contributed by atoms with Crippen molar-refractivity contribution in [2.75, 3.05) is 5.75 Å². The van der Waals surface area contributed by atoms with Crippen molar-refractivity contribution < 1.29 is 9.90 Å². The van der Waals surface area contributed by atoms with E-state index >= 15 is 0 Å². The largest absolute Gasteiger partial charge is 0.478 e. The first-order chi connectivity index (χ1) is 9.06. The summed E-state index contributed by atoms with van der Waals surface area (Å²) in [5.74, 6) is 1.12. The van der Waals surface area contributed by atoms with Crippen LogP contribution < -0.4 is 0 Å². The molecule has 0 atom stereocenters. The van der Waals surface area contributed by atoms with Gasteiger partial charge in [0, 0.05) is 22.9 Å². The normalized spacial score (nSPS) is 11.4. The number of para-hydroxylation sites is 1. The van der Waals surface area contributed by atoms with Crippen LogP contribution in [-0.4, -0.2) is 21.4 Å². The molecule has 0 saturated carbocycles. The highest BCUT2D eigenvalue weighted by Crippen LogP contribution is 2.29. The second-order valence-corrected chi connectivity index (χ2v) is 6.06. The molecule has 0 spiro atoms. The van der Waals surface area contributed by atoms with Crippen LogP contribution in [-0.2, 0) is 5.75 Å². The Kier molecular flexibility index (Phi) is 4.20. The van der Waals surface area contributed by atoms with Gasteiger partial charge in [0.2, 0.25) is 0 Å². The van der Waals surface area contributed by atoms with Crippen molar-refractivity contribution in [2.45, 2.75) is 32.6 Å². The summed E-state index contributed by atoms with van der Waals surface area (Å²) in [4.78, 5) is 11.4. The number of carboxylic acids is 1. The van der Waals surface area contributed by atoms with Crippen molar-refractivity contribution >= 4 is 28.6 Å². The lowest BCUT2D eigenvalue weighted by atomic mass is 10.1. The highest BCUT2D eigenvalue weighted by atomic mass is 32.2. The number of fused-ring (bicyclic) bond motifs is 1. The molecule has 0 unspecified atom stereocenters. The fourth-order valence-corrected chi connectivity index (χ4v) is 3.06. The van der Waals surface area contributed by atoms with E-state index in [-0.39, 0.29) is 6.04 Å². The summed E-state index contributed by atoms with van der Waals surface area (Å²) in [7, 11) is 0. The van der Waals surface area contributed by atoms with Crippen LogP contribution in [0.15, 0.2) is 24.3 Å². The average molecular weight is 277 g/mol. The van der Waals surface area contributed by atoms with Crippen LogP contribution in [0.3, 0.4) is 0 Å². The molecule has 0 aliphatic carbocycles. The predicted octanol–water partition coefficient (Wildman–Crippen LogP) is 4.17. The molecular formula is C15H19NO2S. The minimum absolute atomic E-state index is 0.255. The van der Waals surface area contributed by atoms with Crippen LogP contribution in [0.5, 0.6) is 0 Å². The van der Waals surface area contributed by atoms with Gasteiger partial charge in [-0.15, -0.1) is 0 Å². The second kappa shape index (κ2) is 5.70. The Morgan fingerprint density at radius 1 is 1.42 bits per heavy atom. The SMILES string of the molecule is CCSCc1cc2cccc(C(=O)O)c2n1C(C)C. The van der Waals surface area contributed by atoms with E-state index in [9.17, 15) is 9.90 Å². The second-order valence-electron chi connectivity index (χ2n) is 4.79. The van der Waals surface area contributed by atoms with Crippen molar-refractivity contribution in [1.29, 1.82) is 0 Å². The van der Waals surface area contributed by atoms with E-state index in [1.165, 1.54) is 5.69 Å². The Morgan fingerprint density at radius 3 is 2.74 bits per heavy atom. The van der Waals surface area contributed by atoms with E-state index in [0.29, 0.717) is 5.56 Å². The minimum atomic E-state index is -0.861. The van der Waals surface area contributed by atoms with Crippen LogP contribution in [0, 0.1) is 0 Å². The van der Waals surface area contributed by atoms with Crippen molar-refractivity contribution in [3.05, 3.63) is 35.5 Å². The van der Waals surface area contributed by atoms with Crippen LogP contribution in [0.4, 0.5) is 0 Å². The predicted molar refractivity (Wildman–Crippen MR) is 81.1 cm³/mol. The summed E-state index contributed by atoms with van der Waals surface area (Å²) >= 11 is 1.85. The molecule has 1 heterocycles. The van der Waals surface area contributed by atoms with E-state index in [2.05, 4.69) is 31.4 Å². The summed E-state index contributed by atoms with van der Waals surface area (Å²) in [6.07, 6.45) is 0. The quantitative estimate of drug-likeness (QED) is 0.891. The van der Waals surface area contributed by atoms with E-state index in [1.807, 2.05) is 23.9 Å². The number of carboxylic acid groups (broad SMARTS) is 1. The van der Waals surface area contributed by atoms with E-state index in [0.717, 1.165) is 22.4 Å². The van der Waals surface area contributed by atoms with Gasteiger partial charge < -0.3 is 9.67 Å². The third kappa shape index (κ3) is 2.63. The number of hydrogen-bond acceptors (Lipinski definition) is 2. The highest BCUT2D eigenvalue weighted by Gasteiger charge is 2.17. The van der Waals surface area contributed by atoms with Gasteiger partial charge in [-0.2, -0.15) is 11.8 Å². The van der Waals surface area contributed by atoms with Gasteiger partial charge in [-0.1, -0.05) is 19.1 Å². The third-order valence-electron chi connectivity index (χ3n) is 3.14. The van der Waals surface area contributed by atoms with Crippen LogP contribution in [0.1, 0.15) is 42.9 Å². The molecule has 0 aliphatic heterocycles. The molecule has 1 aromatic carbocycles. The molecule has 19 heavy (non-hydrogen) atoms. The molecular weight excluding hydrogens is 258 g/mol. The lowest BCUT2D eigenvalue weighted by Gasteiger charge is -2.15. The Labute approximate surface area is 117 Å². The van der Waals surface area contributed by atoms with Crippen LogP contribution in [0.25, 0.3) is 10.9 Å². The number of carbonyl (C=O) groups is 1. The summed E-state index contributed by atoms with van der Waals surface area (Å²) in [6, 6.07) is 7.85. The first-order valence-electron chi connectivity index (χ1n) is 6.50. The van der Waals surface area contributed by atoms with Gasteiger partial charge in [0.05, 0.1) is 11.1 Å². The van der Waals surface area contributed by atoms with Gasteiger partial charge in [-0.25, -0.2) is 4.79 Å². The van der Waals surface area contributed by atoms with Crippen molar-refractivity contribution in [3.8, 4) is 0 Å². The minimum Gasteiger partial charge on any atom is -0.478 e. The zero-order valence-electron chi connectivity index (χ0n) is 11.5. The van der Waals surface area contributed by atoms with Crippen LogP contribution >= 0.6 is 11.8 Å². The molecule has 4 heteroatoms. The molecule has 0 fully saturated rings. The number of aromatic carboxylic acids is 1. The summed E-state index contributed by atoms with van der Waals surface area (Å²) < 4.78 is 2.15. The van der Waals surface area contributed by atoms with Crippen LogP contribution in [0.2, 0.25) is 0 Å². The number of nitrogens with zero attached hydrogens (tertiary/aromatic N) is 1. The molecule has 3 nitrogen and oxygen atoms in total. The Balaban J connectivity index is 2.68. The average Bonchev–Trinajstić information content (AvgIpc) is 2.73. The maximum atomic E-state index is 11.4. The maximum Gasteiger partial charge on any atom is 0.337 e. The highest BCUT2D eigenvalue weighted by molar-refractivity contribution is 7.98. The molecule has 1 N–H and O–H groups in total. The van der Waals surface area contributed by atoms with Gasteiger partial charge in [-0.3, -0.25) is 0 Å². The van der Waals surface area contributed by atoms with E-state index in [1.54, 1.807) is 6.07 Å². The van der Waals surface area contributed by atoms with Crippen molar-refractivity contribution in [3.63, 3.8) is 0 Å². The zero-order valence-corrected chi connectivity index (χ0v) is 12.3. The summed E-state index contributed by atoms with van der Waals surface area (Å²) in [5.41, 5.74) is 2.43. The number of benzene rings is 1. The molecule has 0 amide bonds. The van der Waals surface area contributed by atoms with E-state index < -0.39 is 5.97 Å². The fraction of sp³-hybridized carbons (Fsp3) is 0.400. The number of hydrogen-bond donors (Lipinski definition) is 1. The van der Waals surface area contributed by atoms with Crippen molar-refractivity contribution in [1.82, 2.24) is 4.57 Å². The number of rotatable bonds is 5. The summed E-state index contributed by atoms with van der Waals surface area (Å²) in [6.45, 7) is 6.33. The molecule has 2 rings (SSSR count). The topological polar surface area (TPSA) is 42.2 Å². The Hall–Kier alpha value is -1.42. The maximum absolute atomic E-state index is 11.4. The first kappa shape index (κ1) is 14.0. The summed E-state index contributed by atoms with van der Waals surface area (Å²) in [5, 5.41) is 10.4. The van der Waals surface area contributed by atoms with E-state index in [4.69, 9.17) is 0 Å². The van der Waals surface area contributed by atoms with Gasteiger partial charge in [0.25, 0.3) is 0 Å². The smallest absolute Gasteiger partial charge is 0.337 e. The molecule has 0 aliphatic rings. The lowest BCUT2D eigenvalue weighted by molar-refractivity contribution is 0.0698.